The van der Waals surface area contributed by atoms with Crippen molar-refractivity contribution in [3.63, 3.8) is 0 Å². The van der Waals surface area contributed by atoms with Gasteiger partial charge < -0.3 is 19.8 Å². The Morgan fingerprint density at radius 2 is 1.92 bits per heavy atom. The van der Waals surface area contributed by atoms with E-state index in [9.17, 15) is 4.79 Å². The molecule has 0 aromatic carbocycles. The number of likely N-dealkylation sites (N-methyl/N-ethyl adjacent to an activating group) is 1. The number of carbonyl (C=O) groups is 1. The lowest BCUT2D eigenvalue weighted by molar-refractivity contribution is 0.0165. The fourth-order valence-corrected chi connectivity index (χ4v) is 2.77. The first-order chi connectivity index (χ1) is 11.3. The zero-order valence-corrected chi connectivity index (χ0v) is 17.7. The quantitative estimate of drug-likeness (QED) is 0.797. The molecule has 1 aromatic heterocycles. The number of ether oxygens (including phenoxy) is 1. The van der Waals surface area contributed by atoms with Gasteiger partial charge in [-0.2, -0.15) is 0 Å². The summed E-state index contributed by atoms with van der Waals surface area (Å²) in [6, 6.07) is 3.13. The molecule has 141 valence electrons. The average molecular weight is 367 g/mol. The third kappa shape index (κ3) is 7.03. The minimum atomic E-state index is -1.05. The number of carbonyl (C=O) groups excluding carboxylic acids is 1. The normalized spacial score (nSPS) is 13.6. The minimum Gasteiger partial charge on any atom is -0.444 e. The SMILES string of the molecule is CN(C(=O)OC(C)(C)C)C(CO[Si](C)C(C)(C)C)c1cc(N)ccn1. The number of hydrogen-bond acceptors (Lipinski definition) is 5. The molecule has 1 unspecified atom stereocenters. The highest BCUT2D eigenvalue weighted by Crippen LogP contribution is 2.29. The molecule has 0 aliphatic heterocycles. The summed E-state index contributed by atoms with van der Waals surface area (Å²) in [6.45, 7) is 14.5. The topological polar surface area (TPSA) is 77.7 Å². The van der Waals surface area contributed by atoms with Gasteiger partial charge in [-0.05, 0) is 44.5 Å². The zero-order valence-electron chi connectivity index (χ0n) is 16.7. The Hall–Kier alpha value is -1.60. The average Bonchev–Trinajstić information content (AvgIpc) is 2.44. The standard InChI is InChI=1S/C18H32N3O3Si/c1-17(2,3)24-16(22)21(7)15(12-23-25(8)18(4,5)6)14-11-13(19)9-10-20-14/h9-11,15H,12H2,1-8H3,(H2,19,20). The maximum atomic E-state index is 12.5. The number of nitrogens with two attached hydrogens (primary N) is 1. The molecule has 1 heterocycles. The van der Waals surface area contributed by atoms with Crippen molar-refractivity contribution in [1.29, 1.82) is 0 Å². The highest BCUT2D eigenvalue weighted by Gasteiger charge is 2.30. The largest absolute Gasteiger partial charge is 0.444 e. The van der Waals surface area contributed by atoms with Gasteiger partial charge in [0.25, 0.3) is 0 Å². The molecule has 1 atom stereocenters. The molecule has 6 nitrogen and oxygen atoms in total. The van der Waals surface area contributed by atoms with Crippen molar-refractivity contribution in [3.05, 3.63) is 24.0 Å². The zero-order chi connectivity index (χ0) is 19.4. The van der Waals surface area contributed by atoms with Crippen LogP contribution in [0.5, 0.6) is 0 Å². The van der Waals surface area contributed by atoms with E-state index >= 15 is 0 Å². The Bertz CT molecular complexity index is 582. The molecule has 1 rings (SSSR count). The Balaban J connectivity index is 3.01. The van der Waals surface area contributed by atoms with E-state index in [1.165, 1.54) is 4.90 Å². The van der Waals surface area contributed by atoms with Gasteiger partial charge in [-0.25, -0.2) is 4.79 Å². The van der Waals surface area contributed by atoms with E-state index in [-0.39, 0.29) is 11.1 Å². The first kappa shape index (κ1) is 21.4. The summed E-state index contributed by atoms with van der Waals surface area (Å²) in [5.74, 6) is 0. The molecule has 0 spiro atoms. The van der Waals surface area contributed by atoms with Gasteiger partial charge in [0.05, 0.1) is 18.3 Å². The molecular formula is C18H32N3O3Si. The summed E-state index contributed by atoms with van der Waals surface area (Å²) in [4.78, 5) is 18.4. The highest BCUT2D eigenvalue weighted by molar-refractivity contribution is 6.53. The Labute approximate surface area is 153 Å². The second-order valence-corrected chi connectivity index (χ2v) is 11.1. The van der Waals surface area contributed by atoms with Crippen LogP contribution in [0.1, 0.15) is 53.3 Å². The summed E-state index contributed by atoms with van der Waals surface area (Å²) in [6.07, 6.45) is 1.23. The van der Waals surface area contributed by atoms with Crippen LogP contribution in [-0.2, 0) is 9.16 Å². The van der Waals surface area contributed by atoms with Crippen LogP contribution in [0.4, 0.5) is 10.5 Å². The predicted octanol–water partition coefficient (Wildman–Crippen LogP) is 4.01. The highest BCUT2D eigenvalue weighted by atomic mass is 28.3. The van der Waals surface area contributed by atoms with E-state index in [1.54, 1.807) is 25.4 Å². The van der Waals surface area contributed by atoms with Crippen LogP contribution in [0.15, 0.2) is 18.3 Å². The van der Waals surface area contributed by atoms with Gasteiger partial charge >= 0.3 is 6.09 Å². The second kappa shape index (κ2) is 8.18. The first-order valence-corrected chi connectivity index (χ1v) is 10.4. The van der Waals surface area contributed by atoms with Crippen LogP contribution >= 0.6 is 0 Å². The Morgan fingerprint density at radius 3 is 2.40 bits per heavy atom. The number of pyridine rings is 1. The summed E-state index contributed by atoms with van der Waals surface area (Å²) in [5.41, 5.74) is 6.62. The number of aromatic nitrogens is 1. The predicted molar refractivity (Wildman–Crippen MR) is 103 cm³/mol. The Morgan fingerprint density at radius 1 is 1.32 bits per heavy atom. The van der Waals surface area contributed by atoms with Crippen molar-refractivity contribution in [2.75, 3.05) is 19.4 Å². The van der Waals surface area contributed by atoms with Gasteiger partial charge in [0, 0.05) is 18.9 Å². The molecule has 0 saturated heterocycles. The van der Waals surface area contributed by atoms with E-state index in [0.717, 1.165) is 0 Å². The van der Waals surface area contributed by atoms with Crippen LogP contribution in [0, 0.1) is 0 Å². The first-order valence-electron chi connectivity index (χ1n) is 8.45. The van der Waals surface area contributed by atoms with Crippen molar-refractivity contribution in [2.45, 2.75) is 64.8 Å². The molecule has 25 heavy (non-hydrogen) atoms. The van der Waals surface area contributed by atoms with Gasteiger partial charge in [0.15, 0.2) is 0 Å². The molecule has 1 aromatic rings. The van der Waals surface area contributed by atoms with Crippen LogP contribution in [0.2, 0.25) is 11.6 Å². The number of nitrogen functional groups attached to an aromatic ring is 1. The van der Waals surface area contributed by atoms with E-state index in [1.807, 2.05) is 20.8 Å². The molecule has 0 bridgehead atoms. The lowest BCUT2D eigenvalue weighted by Gasteiger charge is -2.32. The maximum absolute atomic E-state index is 12.5. The third-order valence-corrected chi connectivity index (χ3v) is 6.52. The lowest BCUT2D eigenvalue weighted by atomic mass is 10.1. The summed E-state index contributed by atoms with van der Waals surface area (Å²) in [5, 5.41) is 0.100. The van der Waals surface area contributed by atoms with Crippen molar-refractivity contribution in [3.8, 4) is 0 Å². The van der Waals surface area contributed by atoms with Crippen LogP contribution in [0.3, 0.4) is 0 Å². The van der Waals surface area contributed by atoms with Gasteiger partial charge in [0.2, 0.25) is 9.04 Å². The second-order valence-electron chi connectivity index (χ2n) is 8.24. The van der Waals surface area contributed by atoms with Gasteiger partial charge in [-0.15, -0.1) is 0 Å². The van der Waals surface area contributed by atoms with E-state index in [4.69, 9.17) is 14.9 Å². The third-order valence-electron chi connectivity index (χ3n) is 3.81. The van der Waals surface area contributed by atoms with Crippen molar-refractivity contribution < 1.29 is 14.0 Å². The number of anilines is 1. The molecule has 0 aliphatic carbocycles. The summed E-state index contributed by atoms with van der Waals surface area (Å²) < 4.78 is 11.6. The maximum Gasteiger partial charge on any atom is 0.410 e. The van der Waals surface area contributed by atoms with Crippen molar-refractivity contribution in [2.24, 2.45) is 0 Å². The van der Waals surface area contributed by atoms with Crippen molar-refractivity contribution >= 4 is 20.8 Å². The van der Waals surface area contributed by atoms with Crippen LogP contribution in [0.25, 0.3) is 0 Å². The minimum absolute atomic E-state index is 0.100. The molecule has 0 aliphatic rings. The summed E-state index contributed by atoms with van der Waals surface area (Å²) >= 11 is 0. The number of rotatable bonds is 5. The van der Waals surface area contributed by atoms with E-state index in [0.29, 0.717) is 18.0 Å². The van der Waals surface area contributed by atoms with Gasteiger partial charge in [-0.1, -0.05) is 20.8 Å². The number of hydrogen-bond donors (Lipinski definition) is 1. The van der Waals surface area contributed by atoms with Gasteiger partial charge in [0.1, 0.15) is 5.60 Å². The lowest BCUT2D eigenvalue weighted by Crippen LogP contribution is -2.40. The smallest absolute Gasteiger partial charge is 0.410 e. The van der Waals surface area contributed by atoms with E-state index in [2.05, 4.69) is 32.3 Å². The molecule has 2 N–H and O–H groups in total. The molecule has 1 amide bonds. The molecule has 0 fully saturated rings. The molecule has 7 heteroatoms. The monoisotopic (exact) mass is 366 g/mol. The fourth-order valence-electron chi connectivity index (χ4n) is 1.92. The van der Waals surface area contributed by atoms with E-state index < -0.39 is 20.7 Å². The van der Waals surface area contributed by atoms with Crippen molar-refractivity contribution in [1.82, 2.24) is 9.88 Å². The Kier molecular flexibility index (Phi) is 7.02. The number of nitrogens with zero attached hydrogens (tertiary/aromatic N) is 2. The van der Waals surface area contributed by atoms with Crippen LogP contribution in [-0.4, -0.2) is 44.3 Å². The molecule has 1 radical (unpaired) electrons. The molecular weight excluding hydrogens is 334 g/mol. The number of amides is 1. The molecule has 0 saturated carbocycles. The summed E-state index contributed by atoms with van der Waals surface area (Å²) in [7, 11) is 0.652. The van der Waals surface area contributed by atoms with Crippen LogP contribution < -0.4 is 5.73 Å². The van der Waals surface area contributed by atoms with Gasteiger partial charge in [-0.3, -0.25) is 4.98 Å². The fraction of sp³-hybridized carbons (Fsp3) is 0.667.